The number of hydrogen-bond acceptors (Lipinski definition) is 6. The first-order chi connectivity index (χ1) is 19.2. The van der Waals surface area contributed by atoms with Crippen LogP contribution >= 0.6 is 7.82 Å². The molecule has 0 saturated heterocycles. The number of esters is 1. The van der Waals surface area contributed by atoms with Crippen molar-refractivity contribution >= 4 is 13.8 Å². The van der Waals surface area contributed by atoms with Gasteiger partial charge in [-0.15, -0.1) is 0 Å². The number of ether oxygens (including phenoxy) is 2. The van der Waals surface area contributed by atoms with Crippen LogP contribution in [0.15, 0.2) is 24.5 Å². The maximum atomic E-state index is 12.6. The van der Waals surface area contributed by atoms with Crippen LogP contribution in [0.3, 0.4) is 0 Å². The van der Waals surface area contributed by atoms with Crippen molar-refractivity contribution in [1.29, 1.82) is 0 Å². The van der Waals surface area contributed by atoms with Gasteiger partial charge < -0.3 is 14.4 Å². The normalized spacial score (nSPS) is 18.5. The molecule has 230 valence electrons. The first-order valence-electron chi connectivity index (χ1n) is 15.7. The Bertz CT molecular complexity index is 883. The molecular weight excluding hydrogens is 529 g/mol. The number of fused-ring (bicyclic) bond motifs is 2. The van der Waals surface area contributed by atoms with Crippen LogP contribution in [0.25, 0.3) is 0 Å². The summed E-state index contributed by atoms with van der Waals surface area (Å²) in [5.41, 5.74) is -0.166. The van der Waals surface area contributed by atoms with Crippen LogP contribution in [-0.2, 0) is 40.0 Å². The van der Waals surface area contributed by atoms with E-state index in [0.717, 1.165) is 18.4 Å². The van der Waals surface area contributed by atoms with E-state index in [1.807, 2.05) is 29.1 Å². The zero-order valence-corrected chi connectivity index (χ0v) is 26.2. The summed E-state index contributed by atoms with van der Waals surface area (Å²) >= 11 is 0. The standard InChI is InChI=1S/C31H54NO7P/c1-4-5-6-7-8-9-10-11-12-13-14-15-16-17-18-19-23-36-25-30(38-28(2)33)26-37-40(34,35)39-31(3)27-32-22-20-21-29(31)24-32/h20-22,24,30H,4-19,23,25-27H2,1-3H3/p+1. The number of aromatic nitrogens is 1. The Labute approximate surface area is 242 Å². The van der Waals surface area contributed by atoms with Crippen molar-refractivity contribution in [3.8, 4) is 0 Å². The van der Waals surface area contributed by atoms with Crippen molar-refractivity contribution in [1.82, 2.24) is 0 Å². The summed E-state index contributed by atoms with van der Waals surface area (Å²) < 4.78 is 36.2. The fourth-order valence-corrected chi connectivity index (χ4v) is 6.31. The van der Waals surface area contributed by atoms with Crippen LogP contribution < -0.4 is 4.57 Å². The molecule has 1 aromatic rings. The van der Waals surface area contributed by atoms with Gasteiger partial charge in [-0.2, -0.15) is 0 Å². The lowest BCUT2D eigenvalue weighted by atomic mass is 10.0. The Morgan fingerprint density at radius 2 is 1.50 bits per heavy atom. The predicted octanol–water partition coefficient (Wildman–Crippen LogP) is 7.55. The summed E-state index contributed by atoms with van der Waals surface area (Å²) in [4.78, 5) is 21.8. The molecule has 0 spiro atoms. The molecule has 0 aromatic carbocycles. The van der Waals surface area contributed by atoms with E-state index in [2.05, 4.69) is 6.92 Å². The zero-order valence-electron chi connectivity index (χ0n) is 25.3. The third-order valence-electron chi connectivity index (χ3n) is 7.47. The SMILES string of the molecule is CCCCCCCCCCCCCCCCCCOCC(COP(=O)(O)OC1(C)C[n+]2cccc1c2)OC(C)=O. The Morgan fingerprint density at radius 1 is 0.950 bits per heavy atom. The van der Waals surface area contributed by atoms with Gasteiger partial charge in [0.05, 0.1) is 18.8 Å². The van der Waals surface area contributed by atoms with Crippen molar-refractivity contribution in [2.45, 2.75) is 142 Å². The Hall–Kier alpha value is -1.31. The molecule has 1 N–H and O–H groups in total. The number of carbonyl (C=O) groups is 1. The smallest absolute Gasteiger partial charge is 0.458 e. The van der Waals surface area contributed by atoms with Gasteiger partial charge in [-0.3, -0.25) is 13.8 Å². The average Bonchev–Trinajstić information content (AvgIpc) is 3.11. The second kappa shape index (κ2) is 19.7. The van der Waals surface area contributed by atoms with Crippen LogP contribution in [0.4, 0.5) is 0 Å². The lowest BCUT2D eigenvalue weighted by molar-refractivity contribution is -0.699. The number of unbranched alkanes of at least 4 members (excludes halogenated alkanes) is 15. The molecule has 2 heterocycles. The van der Waals surface area contributed by atoms with Gasteiger partial charge in [0.25, 0.3) is 0 Å². The van der Waals surface area contributed by atoms with Crippen LogP contribution in [0.1, 0.15) is 129 Å². The molecule has 2 rings (SSSR count). The lowest BCUT2D eigenvalue weighted by Gasteiger charge is -2.25. The summed E-state index contributed by atoms with van der Waals surface area (Å²) in [5, 5.41) is 0. The molecule has 1 aromatic heterocycles. The molecule has 0 saturated carbocycles. The average molecular weight is 585 g/mol. The van der Waals surface area contributed by atoms with Gasteiger partial charge >= 0.3 is 13.8 Å². The highest BCUT2D eigenvalue weighted by Crippen LogP contribution is 2.51. The molecule has 1 aliphatic rings. The quantitative estimate of drug-likeness (QED) is 0.0549. The highest BCUT2D eigenvalue weighted by Gasteiger charge is 2.45. The number of nitrogens with zero attached hydrogens (tertiary/aromatic N) is 1. The maximum absolute atomic E-state index is 12.6. The van der Waals surface area contributed by atoms with Crippen molar-refractivity contribution in [3.05, 3.63) is 30.1 Å². The maximum Gasteiger partial charge on any atom is 0.473 e. The van der Waals surface area contributed by atoms with E-state index < -0.39 is 25.5 Å². The van der Waals surface area contributed by atoms with E-state index in [4.69, 9.17) is 18.5 Å². The van der Waals surface area contributed by atoms with Gasteiger partial charge in [0.1, 0.15) is 6.10 Å². The summed E-state index contributed by atoms with van der Waals surface area (Å²) in [6.45, 7) is 6.10. The summed E-state index contributed by atoms with van der Waals surface area (Å²) in [7, 11) is -4.39. The molecule has 3 atom stereocenters. The van der Waals surface area contributed by atoms with Crippen LogP contribution in [0, 0.1) is 0 Å². The second-order valence-corrected chi connectivity index (χ2v) is 12.8. The van der Waals surface area contributed by atoms with Crippen LogP contribution in [0.5, 0.6) is 0 Å². The molecular formula is C31H55NO7P+. The van der Waals surface area contributed by atoms with E-state index in [9.17, 15) is 14.3 Å². The topological polar surface area (TPSA) is 95.2 Å². The number of rotatable bonds is 25. The van der Waals surface area contributed by atoms with Crippen molar-refractivity contribution < 1.29 is 37.3 Å². The van der Waals surface area contributed by atoms with Crippen LogP contribution in [0.2, 0.25) is 0 Å². The summed E-state index contributed by atoms with van der Waals surface area (Å²) in [6.07, 6.45) is 24.0. The monoisotopic (exact) mass is 584 g/mol. The number of pyridine rings is 1. The minimum atomic E-state index is -4.39. The fourth-order valence-electron chi connectivity index (χ4n) is 5.23. The third-order valence-corrected chi connectivity index (χ3v) is 8.58. The predicted molar refractivity (Wildman–Crippen MR) is 157 cm³/mol. The Balaban J connectivity index is 1.48. The minimum Gasteiger partial charge on any atom is -0.458 e. The van der Waals surface area contributed by atoms with Gasteiger partial charge in [-0.25, -0.2) is 9.13 Å². The van der Waals surface area contributed by atoms with Gasteiger partial charge in [0, 0.05) is 19.6 Å². The van der Waals surface area contributed by atoms with E-state index in [0.29, 0.717) is 13.2 Å². The molecule has 3 unspecified atom stereocenters. The van der Waals surface area contributed by atoms with E-state index in [-0.39, 0.29) is 13.2 Å². The first-order valence-corrected chi connectivity index (χ1v) is 17.2. The van der Waals surface area contributed by atoms with E-state index >= 15 is 0 Å². The van der Waals surface area contributed by atoms with Gasteiger partial charge in [-0.05, 0) is 19.4 Å². The molecule has 0 amide bonds. The number of phosphoric acid groups is 1. The number of hydrogen-bond donors (Lipinski definition) is 1. The van der Waals surface area contributed by atoms with Crippen molar-refractivity contribution in [3.63, 3.8) is 0 Å². The summed E-state index contributed by atoms with van der Waals surface area (Å²) in [5.74, 6) is -0.497. The Kier molecular flexibility index (Phi) is 17.2. The highest BCUT2D eigenvalue weighted by molar-refractivity contribution is 7.47. The first kappa shape index (κ1) is 34.9. The molecule has 0 aliphatic carbocycles. The minimum absolute atomic E-state index is 0.103. The van der Waals surface area contributed by atoms with E-state index in [1.54, 1.807) is 6.92 Å². The molecule has 40 heavy (non-hydrogen) atoms. The number of carbonyl (C=O) groups excluding carboxylic acids is 1. The molecule has 2 bridgehead atoms. The van der Waals surface area contributed by atoms with Gasteiger partial charge in [-0.1, -0.05) is 103 Å². The molecule has 0 radical (unpaired) electrons. The molecule has 1 aliphatic heterocycles. The molecule has 8 nitrogen and oxygen atoms in total. The van der Waals surface area contributed by atoms with Crippen molar-refractivity contribution in [2.75, 3.05) is 19.8 Å². The number of phosphoric ester groups is 1. The Morgan fingerprint density at radius 3 is 2.02 bits per heavy atom. The molecule has 9 heteroatoms. The second-order valence-electron chi connectivity index (χ2n) is 11.5. The molecule has 0 fully saturated rings. The largest absolute Gasteiger partial charge is 0.473 e. The highest BCUT2D eigenvalue weighted by atomic mass is 31.2. The fraction of sp³-hybridized carbons (Fsp3) is 0.806. The van der Waals surface area contributed by atoms with Gasteiger partial charge in [0.15, 0.2) is 24.5 Å². The lowest BCUT2D eigenvalue weighted by Crippen LogP contribution is -2.37. The third kappa shape index (κ3) is 15.1. The van der Waals surface area contributed by atoms with Crippen molar-refractivity contribution in [2.24, 2.45) is 0 Å². The zero-order chi connectivity index (χ0) is 29.1. The van der Waals surface area contributed by atoms with Crippen LogP contribution in [-0.4, -0.2) is 36.8 Å². The summed E-state index contributed by atoms with van der Waals surface area (Å²) in [6, 6.07) is 3.71. The van der Waals surface area contributed by atoms with E-state index in [1.165, 1.54) is 96.8 Å². The van der Waals surface area contributed by atoms with Gasteiger partial charge in [0.2, 0.25) is 0 Å².